The Hall–Kier alpha value is -3.08. The van der Waals surface area contributed by atoms with E-state index >= 15 is 0 Å². The van der Waals surface area contributed by atoms with Crippen LogP contribution < -0.4 is 0 Å². The standard InChI is InChI=1S/C22H16ClN3O/c1-14(27)20-19(16-6-4-7-17(23)11-16)22(12-24,13-25)21-18-8-3-2-5-15(18)9-10-26(20)21/h2-11,19-21H,1H3/t19-,20+,21-/m0/s1. The van der Waals surface area contributed by atoms with Crippen molar-refractivity contribution in [1.82, 2.24) is 4.90 Å². The first-order chi connectivity index (χ1) is 13.0. The van der Waals surface area contributed by atoms with Crippen LogP contribution in [0.2, 0.25) is 5.02 Å². The van der Waals surface area contributed by atoms with E-state index in [1.807, 2.05) is 47.5 Å². The fourth-order valence-electron chi connectivity index (χ4n) is 4.53. The minimum absolute atomic E-state index is 0.0821. The zero-order valence-corrected chi connectivity index (χ0v) is 15.4. The van der Waals surface area contributed by atoms with Crippen molar-refractivity contribution >= 4 is 23.5 Å². The topological polar surface area (TPSA) is 67.9 Å². The highest BCUT2D eigenvalue weighted by molar-refractivity contribution is 6.30. The number of benzene rings is 2. The Morgan fingerprint density at radius 3 is 2.56 bits per heavy atom. The lowest BCUT2D eigenvalue weighted by atomic mass is 9.68. The number of nitriles is 2. The molecule has 2 aliphatic rings. The normalized spacial score (nSPS) is 24.4. The summed E-state index contributed by atoms with van der Waals surface area (Å²) in [5, 5.41) is 20.9. The molecule has 3 atom stereocenters. The van der Waals surface area contributed by atoms with Crippen molar-refractivity contribution in [3.05, 3.63) is 76.4 Å². The molecular formula is C22H16ClN3O. The Labute approximate surface area is 162 Å². The summed E-state index contributed by atoms with van der Waals surface area (Å²) in [6.07, 6.45) is 3.77. The third-order valence-electron chi connectivity index (χ3n) is 5.57. The van der Waals surface area contributed by atoms with Gasteiger partial charge >= 0.3 is 0 Å². The van der Waals surface area contributed by atoms with Gasteiger partial charge in [0.1, 0.15) is 0 Å². The Bertz CT molecular complexity index is 1030. The molecule has 0 unspecified atom stereocenters. The van der Waals surface area contributed by atoms with Crippen molar-refractivity contribution in [2.24, 2.45) is 5.41 Å². The van der Waals surface area contributed by atoms with E-state index in [1.165, 1.54) is 6.92 Å². The highest BCUT2D eigenvalue weighted by Gasteiger charge is 2.63. The summed E-state index contributed by atoms with van der Waals surface area (Å²) in [5.74, 6) is -0.689. The molecule has 5 heteroatoms. The van der Waals surface area contributed by atoms with Gasteiger partial charge in [0.2, 0.25) is 0 Å². The number of ketones is 1. The van der Waals surface area contributed by atoms with E-state index < -0.39 is 23.4 Å². The first kappa shape index (κ1) is 17.3. The molecule has 2 heterocycles. The van der Waals surface area contributed by atoms with Crippen LogP contribution in [0.5, 0.6) is 0 Å². The summed E-state index contributed by atoms with van der Waals surface area (Å²) < 4.78 is 0. The molecular weight excluding hydrogens is 358 g/mol. The molecule has 4 nitrogen and oxygen atoms in total. The van der Waals surface area contributed by atoms with Crippen LogP contribution in [0.4, 0.5) is 0 Å². The summed E-state index contributed by atoms with van der Waals surface area (Å²) in [7, 11) is 0. The first-order valence-electron chi connectivity index (χ1n) is 8.66. The van der Waals surface area contributed by atoms with E-state index in [2.05, 4.69) is 12.1 Å². The number of Topliss-reactive ketones (excluding diaryl/α,β-unsaturated/α-hetero) is 1. The van der Waals surface area contributed by atoms with Gasteiger partial charge in [0.05, 0.1) is 24.2 Å². The second-order valence-electron chi connectivity index (χ2n) is 6.98. The van der Waals surface area contributed by atoms with E-state index in [9.17, 15) is 15.3 Å². The van der Waals surface area contributed by atoms with E-state index in [4.69, 9.17) is 11.6 Å². The smallest absolute Gasteiger partial charge is 0.177 e. The largest absolute Gasteiger partial charge is 0.357 e. The quantitative estimate of drug-likeness (QED) is 0.779. The van der Waals surface area contributed by atoms with Crippen LogP contribution in [-0.4, -0.2) is 16.7 Å². The molecule has 132 valence electrons. The molecule has 1 fully saturated rings. The minimum atomic E-state index is -1.41. The van der Waals surface area contributed by atoms with E-state index in [0.717, 1.165) is 16.7 Å². The van der Waals surface area contributed by atoms with E-state index in [0.29, 0.717) is 5.02 Å². The zero-order chi connectivity index (χ0) is 19.2. The maximum absolute atomic E-state index is 12.7. The van der Waals surface area contributed by atoms with Gasteiger partial charge in [-0.1, -0.05) is 48.0 Å². The van der Waals surface area contributed by atoms with Gasteiger partial charge in [-0.15, -0.1) is 0 Å². The lowest BCUT2D eigenvalue weighted by molar-refractivity contribution is -0.121. The zero-order valence-electron chi connectivity index (χ0n) is 14.6. The summed E-state index contributed by atoms with van der Waals surface area (Å²) >= 11 is 6.19. The van der Waals surface area contributed by atoms with Gasteiger partial charge < -0.3 is 4.90 Å². The third kappa shape index (κ3) is 2.38. The lowest BCUT2D eigenvalue weighted by Gasteiger charge is -2.34. The second kappa shape index (κ2) is 6.27. The van der Waals surface area contributed by atoms with Crippen LogP contribution in [0, 0.1) is 28.1 Å². The molecule has 0 amide bonds. The number of halogens is 1. The van der Waals surface area contributed by atoms with Gasteiger partial charge in [-0.25, -0.2) is 0 Å². The Balaban J connectivity index is 2.02. The molecule has 0 saturated carbocycles. The number of nitrogens with zero attached hydrogens (tertiary/aromatic N) is 3. The van der Waals surface area contributed by atoms with Crippen molar-refractivity contribution < 1.29 is 4.79 Å². The highest BCUT2D eigenvalue weighted by Crippen LogP contribution is 2.59. The molecule has 2 aromatic carbocycles. The number of carbonyl (C=O) groups is 1. The molecule has 4 rings (SSSR count). The average molecular weight is 374 g/mol. The summed E-state index contributed by atoms with van der Waals surface area (Å²) in [4.78, 5) is 14.6. The number of fused-ring (bicyclic) bond motifs is 3. The van der Waals surface area contributed by atoms with Gasteiger partial charge in [0, 0.05) is 17.1 Å². The summed E-state index contributed by atoms with van der Waals surface area (Å²) in [5.41, 5.74) is 1.16. The van der Waals surface area contributed by atoms with Crippen LogP contribution in [-0.2, 0) is 4.79 Å². The molecule has 0 N–H and O–H groups in total. The van der Waals surface area contributed by atoms with Crippen molar-refractivity contribution in [2.75, 3.05) is 0 Å². The Morgan fingerprint density at radius 2 is 1.89 bits per heavy atom. The Kier molecular flexibility index (Phi) is 4.02. The molecule has 1 saturated heterocycles. The minimum Gasteiger partial charge on any atom is -0.357 e. The van der Waals surface area contributed by atoms with Crippen LogP contribution in [0.1, 0.15) is 35.6 Å². The molecule has 0 bridgehead atoms. The monoisotopic (exact) mass is 373 g/mol. The SMILES string of the molecule is CC(=O)[C@@H]1[C@H](c2cccc(Cl)c2)C(C#N)(C#N)[C@@H]2c3ccccc3C=CN12. The van der Waals surface area contributed by atoms with Gasteiger partial charge in [0.25, 0.3) is 0 Å². The van der Waals surface area contributed by atoms with Crippen LogP contribution in [0.25, 0.3) is 6.08 Å². The van der Waals surface area contributed by atoms with Gasteiger partial charge in [-0.3, -0.25) is 4.79 Å². The van der Waals surface area contributed by atoms with Crippen LogP contribution >= 0.6 is 11.6 Å². The first-order valence-corrected chi connectivity index (χ1v) is 9.04. The van der Waals surface area contributed by atoms with E-state index in [-0.39, 0.29) is 5.78 Å². The van der Waals surface area contributed by atoms with E-state index in [1.54, 1.807) is 18.2 Å². The van der Waals surface area contributed by atoms with Crippen LogP contribution in [0.3, 0.4) is 0 Å². The average Bonchev–Trinajstić information content (AvgIpc) is 2.99. The molecule has 0 spiro atoms. The van der Waals surface area contributed by atoms with Crippen molar-refractivity contribution in [2.45, 2.75) is 24.9 Å². The van der Waals surface area contributed by atoms with Crippen molar-refractivity contribution in [1.29, 1.82) is 10.5 Å². The maximum atomic E-state index is 12.7. The molecule has 0 aliphatic carbocycles. The number of carbonyl (C=O) groups excluding carboxylic acids is 1. The van der Waals surface area contributed by atoms with Gasteiger partial charge in [-0.05, 0) is 41.8 Å². The molecule has 0 aromatic heterocycles. The van der Waals surface area contributed by atoms with Gasteiger partial charge in [-0.2, -0.15) is 10.5 Å². The molecule has 2 aliphatic heterocycles. The number of hydrogen-bond donors (Lipinski definition) is 0. The predicted molar refractivity (Wildman–Crippen MR) is 102 cm³/mol. The third-order valence-corrected chi connectivity index (χ3v) is 5.80. The highest BCUT2D eigenvalue weighted by atomic mass is 35.5. The second-order valence-corrected chi connectivity index (χ2v) is 7.41. The fourth-order valence-corrected chi connectivity index (χ4v) is 4.72. The molecule has 2 aromatic rings. The fraction of sp³-hybridized carbons (Fsp3) is 0.227. The number of rotatable bonds is 2. The predicted octanol–water partition coefficient (Wildman–Crippen LogP) is 4.46. The van der Waals surface area contributed by atoms with Gasteiger partial charge in [0.15, 0.2) is 11.2 Å². The lowest BCUT2D eigenvalue weighted by Crippen LogP contribution is -2.36. The van der Waals surface area contributed by atoms with Crippen LogP contribution in [0.15, 0.2) is 54.7 Å². The van der Waals surface area contributed by atoms with Crippen molar-refractivity contribution in [3.8, 4) is 12.1 Å². The molecule has 0 radical (unpaired) electrons. The summed E-state index contributed by atoms with van der Waals surface area (Å²) in [6, 6.07) is 18.3. The summed E-state index contributed by atoms with van der Waals surface area (Å²) in [6.45, 7) is 1.51. The maximum Gasteiger partial charge on any atom is 0.177 e. The van der Waals surface area contributed by atoms with Crippen molar-refractivity contribution in [3.63, 3.8) is 0 Å². The number of hydrogen-bond acceptors (Lipinski definition) is 4. The molecule has 27 heavy (non-hydrogen) atoms. The Morgan fingerprint density at radius 1 is 1.15 bits per heavy atom.